The SMILES string of the molecule is O=C1C2CC3CC1CC(COC(=O)C(F)(F)S(=O)(=O)[O-])(C3)C2. The van der Waals surface area contributed by atoms with Crippen molar-refractivity contribution in [1.29, 1.82) is 0 Å². The van der Waals surface area contributed by atoms with Crippen LogP contribution in [0.4, 0.5) is 8.78 Å². The third kappa shape index (κ3) is 2.34. The normalized spacial score (nSPS) is 37.4. The summed E-state index contributed by atoms with van der Waals surface area (Å²) in [6, 6.07) is 0. The summed E-state index contributed by atoms with van der Waals surface area (Å²) in [7, 11) is -6.10. The van der Waals surface area contributed by atoms with E-state index in [-0.39, 0.29) is 24.2 Å². The number of Topliss-reactive ketones (excluding diaryl/α,β-unsaturated/α-hetero) is 1. The zero-order valence-corrected chi connectivity index (χ0v) is 12.4. The van der Waals surface area contributed by atoms with Gasteiger partial charge in [0.25, 0.3) is 0 Å². The van der Waals surface area contributed by atoms with Crippen LogP contribution in [0.15, 0.2) is 0 Å². The van der Waals surface area contributed by atoms with Crippen molar-refractivity contribution in [1.82, 2.24) is 0 Å². The van der Waals surface area contributed by atoms with Gasteiger partial charge in [0.2, 0.25) is 0 Å². The van der Waals surface area contributed by atoms with Gasteiger partial charge in [0.05, 0.1) is 6.61 Å². The van der Waals surface area contributed by atoms with Crippen LogP contribution in [0, 0.1) is 23.2 Å². The van der Waals surface area contributed by atoms with E-state index in [1.165, 1.54) is 0 Å². The quantitative estimate of drug-likeness (QED) is 0.562. The van der Waals surface area contributed by atoms with Crippen LogP contribution in [-0.2, 0) is 24.4 Å². The number of alkyl halides is 2. The van der Waals surface area contributed by atoms with Crippen LogP contribution in [0.5, 0.6) is 0 Å². The molecule has 9 heteroatoms. The van der Waals surface area contributed by atoms with Gasteiger partial charge in [0.15, 0.2) is 10.1 Å². The van der Waals surface area contributed by atoms with E-state index in [0.717, 1.165) is 12.8 Å². The van der Waals surface area contributed by atoms with Gasteiger partial charge in [-0.25, -0.2) is 13.2 Å². The van der Waals surface area contributed by atoms with Gasteiger partial charge in [-0.2, -0.15) is 8.78 Å². The van der Waals surface area contributed by atoms with Gasteiger partial charge in [-0.1, -0.05) is 0 Å². The predicted molar refractivity (Wildman–Crippen MR) is 66.6 cm³/mol. The minimum atomic E-state index is -6.10. The first-order valence-electron chi connectivity index (χ1n) is 7.08. The largest absolute Gasteiger partial charge is 0.743 e. The van der Waals surface area contributed by atoms with Crippen molar-refractivity contribution in [3.8, 4) is 0 Å². The first-order valence-corrected chi connectivity index (χ1v) is 8.49. The molecule has 0 aromatic heterocycles. The lowest BCUT2D eigenvalue weighted by Crippen LogP contribution is -2.53. The van der Waals surface area contributed by atoms with E-state index in [2.05, 4.69) is 4.74 Å². The number of carbonyl (C=O) groups excluding carboxylic acids is 2. The Morgan fingerprint density at radius 2 is 1.82 bits per heavy atom. The molecule has 4 saturated carbocycles. The number of carbonyl (C=O) groups is 2. The lowest BCUT2D eigenvalue weighted by molar-refractivity contribution is -0.173. The van der Waals surface area contributed by atoms with Gasteiger partial charge in [0.1, 0.15) is 5.78 Å². The molecule has 4 fully saturated rings. The molecule has 0 heterocycles. The molecule has 6 nitrogen and oxygen atoms in total. The standard InChI is InChI=1S/C13H16F2O6S/c14-13(15,22(18,19)20)11(17)21-6-12-3-7-1-8(4-12)10(16)9(2-7)5-12/h7-9H,1-6H2,(H,18,19,20)/p-1. The molecule has 0 radical (unpaired) electrons. The molecule has 4 rings (SSSR count). The highest BCUT2D eigenvalue weighted by molar-refractivity contribution is 7.87. The van der Waals surface area contributed by atoms with E-state index in [1.54, 1.807) is 0 Å². The number of rotatable bonds is 4. The summed E-state index contributed by atoms with van der Waals surface area (Å²) in [5.41, 5.74) is -0.539. The molecule has 0 saturated heterocycles. The molecular formula is C13H15F2O6S-. The van der Waals surface area contributed by atoms with Crippen molar-refractivity contribution in [3.63, 3.8) is 0 Å². The summed E-state index contributed by atoms with van der Waals surface area (Å²) in [5, 5.41) is -5.08. The Hall–Kier alpha value is -1.09. The Balaban J connectivity index is 1.70. The maximum Gasteiger partial charge on any atom is 0.428 e. The molecule has 0 aromatic rings. The highest BCUT2D eigenvalue weighted by Gasteiger charge is 2.56. The number of hydrogen-bond acceptors (Lipinski definition) is 6. The van der Waals surface area contributed by atoms with E-state index in [4.69, 9.17) is 0 Å². The number of ether oxygens (including phenoxy) is 1. The van der Waals surface area contributed by atoms with E-state index in [9.17, 15) is 31.3 Å². The van der Waals surface area contributed by atoms with Crippen LogP contribution < -0.4 is 0 Å². The molecule has 4 aliphatic carbocycles. The molecule has 0 N–H and O–H groups in total. The topological polar surface area (TPSA) is 101 Å². The van der Waals surface area contributed by atoms with Crippen molar-refractivity contribution in [2.75, 3.05) is 6.61 Å². The van der Waals surface area contributed by atoms with Crippen LogP contribution >= 0.6 is 0 Å². The smallest absolute Gasteiger partial charge is 0.428 e. The number of esters is 1. The first-order chi connectivity index (χ1) is 10.0. The minimum Gasteiger partial charge on any atom is -0.743 e. The molecule has 124 valence electrons. The van der Waals surface area contributed by atoms with Crippen molar-refractivity contribution in [2.45, 2.75) is 37.4 Å². The van der Waals surface area contributed by atoms with Crippen LogP contribution in [0.25, 0.3) is 0 Å². The second kappa shape index (κ2) is 4.70. The van der Waals surface area contributed by atoms with Crippen molar-refractivity contribution in [3.05, 3.63) is 0 Å². The van der Waals surface area contributed by atoms with Crippen LogP contribution in [-0.4, -0.2) is 36.6 Å². The maximum atomic E-state index is 13.1. The molecule has 4 bridgehead atoms. The molecule has 0 aromatic carbocycles. The maximum absolute atomic E-state index is 13.1. The van der Waals surface area contributed by atoms with Crippen molar-refractivity contribution in [2.24, 2.45) is 23.2 Å². The zero-order valence-electron chi connectivity index (χ0n) is 11.6. The van der Waals surface area contributed by atoms with Gasteiger partial charge in [-0.3, -0.25) is 4.79 Å². The molecule has 0 aliphatic heterocycles. The Labute approximate surface area is 125 Å². The predicted octanol–water partition coefficient (Wildman–Crippen LogP) is 1.06. The Morgan fingerprint density at radius 1 is 1.27 bits per heavy atom. The molecule has 0 amide bonds. The van der Waals surface area contributed by atoms with Crippen LogP contribution in [0.1, 0.15) is 32.1 Å². The van der Waals surface area contributed by atoms with Gasteiger partial charge < -0.3 is 9.29 Å². The Morgan fingerprint density at radius 3 is 2.32 bits per heavy atom. The number of halogens is 2. The fraction of sp³-hybridized carbons (Fsp3) is 0.846. The third-order valence-electron chi connectivity index (χ3n) is 5.18. The Kier molecular flexibility index (Phi) is 3.38. The van der Waals surface area contributed by atoms with Crippen LogP contribution in [0.3, 0.4) is 0 Å². The van der Waals surface area contributed by atoms with Crippen LogP contribution in [0.2, 0.25) is 0 Å². The summed E-state index contributed by atoms with van der Waals surface area (Å²) >= 11 is 0. The summed E-state index contributed by atoms with van der Waals surface area (Å²) in [6.45, 7) is -0.367. The molecular weight excluding hydrogens is 322 g/mol. The third-order valence-corrected chi connectivity index (χ3v) is 5.98. The lowest BCUT2D eigenvalue weighted by Gasteiger charge is -2.55. The average Bonchev–Trinajstić information content (AvgIpc) is 2.40. The number of hydrogen-bond donors (Lipinski definition) is 0. The summed E-state index contributed by atoms with van der Waals surface area (Å²) in [6.07, 6.45) is 3.20. The van der Waals surface area contributed by atoms with E-state index >= 15 is 0 Å². The van der Waals surface area contributed by atoms with Gasteiger partial charge in [-0.05, 0) is 38.0 Å². The second-order valence-electron chi connectivity index (χ2n) is 6.79. The minimum absolute atomic E-state index is 0.117. The van der Waals surface area contributed by atoms with E-state index in [1.807, 2.05) is 0 Å². The van der Waals surface area contributed by atoms with E-state index in [0.29, 0.717) is 25.2 Å². The molecule has 4 aliphatic rings. The highest BCUT2D eigenvalue weighted by Crippen LogP contribution is 2.58. The fourth-order valence-corrected chi connectivity index (χ4v) is 4.75. The monoisotopic (exact) mass is 337 g/mol. The molecule has 2 unspecified atom stereocenters. The van der Waals surface area contributed by atoms with E-state index < -0.39 is 26.8 Å². The van der Waals surface area contributed by atoms with Gasteiger partial charge in [0, 0.05) is 17.3 Å². The van der Waals surface area contributed by atoms with Gasteiger partial charge >= 0.3 is 11.2 Å². The highest BCUT2D eigenvalue weighted by atomic mass is 32.2. The first kappa shape index (κ1) is 15.8. The van der Waals surface area contributed by atoms with Crippen molar-refractivity contribution >= 4 is 21.9 Å². The molecule has 2 atom stereocenters. The number of ketones is 1. The van der Waals surface area contributed by atoms with Crippen molar-refractivity contribution < 1.29 is 36.1 Å². The fourth-order valence-electron chi connectivity index (χ4n) is 4.49. The Bertz CT molecular complexity index is 610. The summed E-state index contributed by atoms with van der Waals surface area (Å²) in [5.74, 6) is -2.05. The average molecular weight is 337 g/mol. The summed E-state index contributed by atoms with van der Waals surface area (Å²) < 4.78 is 61.9. The zero-order chi connectivity index (χ0) is 16.3. The summed E-state index contributed by atoms with van der Waals surface area (Å²) in [4.78, 5) is 23.2. The molecule has 22 heavy (non-hydrogen) atoms. The second-order valence-corrected chi connectivity index (χ2v) is 8.21. The van der Waals surface area contributed by atoms with Gasteiger partial charge in [-0.15, -0.1) is 0 Å². The lowest BCUT2D eigenvalue weighted by atomic mass is 9.49. The molecule has 0 spiro atoms.